The first-order chi connectivity index (χ1) is 8.35. The molecule has 2 unspecified atom stereocenters. The third kappa shape index (κ3) is 2.32. The smallest absolute Gasteiger partial charge is 0.120 e. The fourth-order valence-electron chi connectivity index (χ4n) is 3.12. The Hall–Kier alpha value is -1.02. The van der Waals surface area contributed by atoms with E-state index in [0.717, 1.165) is 12.2 Å². The molecule has 0 aromatic heterocycles. The van der Waals surface area contributed by atoms with Gasteiger partial charge in [-0.1, -0.05) is 6.07 Å². The van der Waals surface area contributed by atoms with Gasteiger partial charge in [0.2, 0.25) is 0 Å². The topological polar surface area (TPSA) is 21.3 Å². The third-order valence-corrected chi connectivity index (χ3v) is 4.17. The Bertz CT molecular complexity index is 402. The maximum Gasteiger partial charge on any atom is 0.120 e. The van der Waals surface area contributed by atoms with Crippen molar-refractivity contribution in [3.63, 3.8) is 0 Å². The van der Waals surface area contributed by atoms with Gasteiger partial charge in [-0.3, -0.25) is 0 Å². The van der Waals surface area contributed by atoms with E-state index in [4.69, 9.17) is 4.74 Å². The molecule has 0 heterocycles. The highest BCUT2D eigenvalue weighted by molar-refractivity contribution is 5.38. The summed E-state index contributed by atoms with van der Waals surface area (Å²) in [7, 11) is 2.04. The highest BCUT2D eigenvalue weighted by Crippen LogP contribution is 2.29. The maximum atomic E-state index is 6.09. The first-order valence-corrected chi connectivity index (χ1v) is 6.81. The monoisotopic (exact) mass is 231 g/mol. The van der Waals surface area contributed by atoms with Crippen LogP contribution in [0.15, 0.2) is 18.2 Å². The van der Waals surface area contributed by atoms with Crippen LogP contribution in [-0.2, 0) is 12.8 Å². The number of rotatable bonds is 3. The van der Waals surface area contributed by atoms with Crippen LogP contribution in [0, 0.1) is 0 Å². The number of ether oxygens (including phenoxy) is 1. The van der Waals surface area contributed by atoms with Gasteiger partial charge in [-0.05, 0) is 68.8 Å². The molecule has 3 rings (SSSR count). The van der Waals surface area contributed by atoms with Crippen LogP contribution in [0.4, 0.5) is 0 Å². The van der Waals surface area contributed by atoms with Gasteiger partial charge in [-0.2, -0.15) is 0 Å². The Morgan fingerprint density at radius 3 is 2.88 bits per heavy atom. The van der Waals surface area contributed by atoms with Gasteiger partial charge in [0.05, 0.1) is 0 Å². The maximum absolute atomic E-state index is 6.09. The molecule has 2 nitrogen and oxygen atoms in total. The SMILES string of the molecule is CNC1CCC(Oc2ccc3c(c2)CCC3)C1. The first-order valence-electron chi connectivity index (χ1n) is 6.81. The van der Waals surface area contributed by atoms with Crippen LogP contribution >= 0.6 is 0 Å². The Labute approximate surface area is 103 Å². The van der Waals surface area contributed by atoms with Crippen LogP contribution in [0.2, 0.25) is 0 Å². The van der Waals surface area contributed by atoms with Gasteiger partial charge in [0.15, 0.2) is 0 Å². The molecule has 0 radical (unpaired) electrons. The van der Waals surface area contributed by atoms with Crippen molar-refractivity contribution < 1.29 is 4.74 Å². The van der Waals surface area contributed by atoms with E-state index in [1.165, 1.54) is 43.2 Å². The average molecular weight is 231 g/mol. The van der Waals surface area contributed by atoms with Gasteiger partial charge in [-0.15, -0.1) is 0 Å². The zero-order valence-corrected chi connectivity index (χ0v) is 10.5. The van der Waals surface area contributed by atoms with Crippen LogP contribution < -0.4 is 10.1 Å². The molecular weight excluding hydrogens is 210 g/mol. The number of aryl methyl sites for hydroxylation is 2. The van der Waals surface area contributed by atoms with E-state index in [9.17, 15) is 0 Å². The molecule has 1 aromatic rings. The van der Waals surface area contributed by atoms with Crippen molar-refractivity contribution in [1.29, 1.82) is 0 Å². The van der Waals surface area contributed by atoms with Gasteiger partial charge < -0.3 is 10.1 Å². The molecular formula is C15H21NO. The molecule has 92 valence electrons. The average Bonchev–Trinajstić information content (AvgIpc) is 2.96. The van der Waals surface area contributed by atoms with Crippen LogP contribution in [0.5, 0.6) is 5.75 Å². The Kier molecular flexibility index (Phi) is 3.06. The van der Waals surface area contributed by atoms with Gasteiger partial charge in [0, 0.05) is 6.04 Å². The van der Waals surface area contributed by atoms with Crippen LogP contribution in [-0.4, -0.2) is 19.2 Å². The van der Waals surface area contributed by atoms with E-state index in [2.05, 4.69) is 23.5 Å². The van der Waals surface area contributed by atoms with E-state index in [1.54, 1.807) is 0 Å². The van der Waals surface area contributed by atoms with E-state index < -0.39 is 0 Å². The molecule has 1 saturated carbocycles. The second kappa shape index (κ2) is 4.69. The molecule has 0 saturated heterocycles. The zero-order chi connectivity index (χ0) is 11.7. The predicted molar refractivity (Wildman–Crippen MR) is 69.6 cm³/mol. The fraction of sp³-hybridized carbons (Fsp3) is 0.600. The number of hydrogen-bond donors (Lipinski definition) is 1. The molecule has 17 heavy (non-hydrogen) atoms. The van der Waals surface area contributed by atoms with E-state index in [1.807, 2.05) is 7.05 Å². The molecule has 0 bridgehead atoms. The van der Waals surface area contributed by atoms with Crippen LogP contribution in [0.25, 0.3) is 0 Å². The van der Waals surface area contributed by atoms with Gasteiger partial charge in [0.1, 0.15) is 11.9 Å². The standard InChI is InChI=1S/C15H21NO/c1-16-13-6-8-15(10-13)17-14-7-5-11-3-2-4-12(11)9-14/h5,7,9,13,15-16H,2-4,6,8,10H2,1H3. The fourth-order valence-corrected chi connectivity index (χ4v) is 3.12. The Morgan fingerprint density at radius 1 is 1.18 bits per heavy atom. The minimum absolute atomic E-state index is 0.409. The summed E-state index contributed by atoms with van der Waals surface area (Å²) in [5.41, 5.74) is 3.03. The van der Waals surface area contributed by atoms with E-state index in [-0.39, 0.29) is 0 Å². The molecule has 1 fully saturated rings. The summed E-state index contributed by atoms with van der Waals surface area (Å²) in [4.78, 5) is 0. The summed E-state index contributed by atoms with van der Waals surface area (Å²) >= 11 is 0. The minimum atomic E-state index is 0.409. The molecule has 2 aliphatic carbocycles. The molecule has 1 aromatic carbocycles. The van der Waals surface area contributed by atoms with Crippen LogP contribution in [0.1, 0.15) is 36.8 Å². The van der Waals surface area contributed by atoms with Crippen molar-refractivity contribution in [1.82, 2.24) is 5.32 Å². The van der Waals surface area contributed by atoms with Gasteiger partial charge in [0.25, 0.3) is 0 Å². The Balaban J connectivity index is 1.65. The lowest BCUT2D eigenvalue weighted by Crippen LogP contribution is -2.23. The lowest BCUT2D eigenvalue weighted by atomic mass is 10.1. The summed E-state index contributed by atoms with van der Waals surface area (Å²) < 4.78 is 6.09. The second-order valence-electron chi connectivity index (χ2n) is 5.32. The van der Waals surface area contributed by atoms with E-state index in [0.29, 0.717) is 12.1 Å². The molecule has 2 heteroatoms. The minimum Gasteiger partial charge on any atom is -0.490 e. The largest absolute Gasteiger partial charge is 0.490 e. The van der Waals surface area contributed by atoms with Crippen molar-refractivity contribution >= 4 is 0 Å². The summed E-state index contributed by atoms with van der Waals surface area (Å²) in [6.45, 7) is 0. The molecule has 1 N–H and O–H groups in total. The first kappa shape index (κ1) is 11.1. The zero-order valence-electron chi connectivity index (χ0n) is 10.5. The van der Waals surface area contributed by atoms with Crippen molar-refractivity contribution in [2.24, 2.45) is 0 Å². The summed E-state index contributed by atoms with van der Waals surface area (Å²) in [5.74, 6) is 1.08. The van der Waals surface area contributed by atoms with Gasteiger partial charge >= 0.3 is 0 Å². The van der Waals surface area contributed by atoms with Crippen LogP contribution in [0.3, 0.4) is 0 Å². The summed E-state index contributed by atoms with van der Waals surface area (Å²) in [5, 5.41) is 3.34. The quantitative estimate of drug-likeness (QED) is 0.863. The highest BCUT2D eigenvalue weighted by atomic mass is 16.5. The molecule has 0 aliphatic heterocycles. The van der Waals surface area contributed by atoms with Gasteiger partial charge in [-0.25, -0.2) is 0 Å². The third-order valence-electron chi connectivity index (χ3n) is 4.17. The summed E-state index contributed by atoms with van der Waals surface area (Å²) in [6, 6.07) is 7.31. The molecule has 0 spiro atoms. The number of nitrogens with one attached hydrogen (secondary N) is 1. The Morgan fingerprint density at radius 2 is 2.06 bits per heavy atom. The molecule has 2 aliphatic rings. The predicted octanol–water partition coefficient (Wildman–Crippen LogP) is 2.69. The van der Waals surface area contributed by atoms with E-state index >= 15 is 0 Å². The van der Waals surface area contributed by atoms with Crippen molar-refractivity contribution in [3.05, 3.63) is 29.3 Å². The number of hydrogen-bond acceptors (Lipinski definition) is 2. The normalized spacial score (nSPS) is 27.1. The van der Waals surface area contributed by atoms with Crippen molar-refractivity contribution in [3.8, 4) is 5.75 Å². The van der Waals surface area contributed by atoms with Crippen molar-refractivity contribution in [2.75, 3.05) is 7.05 Å². The second-order valence-corrected chi connectivity index (χ2v) is 5.32. The van der Waals surface area contributed by atoms with Crippen molar-refractivity contribution in [2.45, 2.75) is 50.7 Å². The lowest BCUT2D eigenvalue weighted by molar-refractivity contribution is 0.206. The summed E-state index contributed by atoms with van der Waals surface area (Å²) in [6.07, 6.45) is 7.77. The molecule has 0 amide bonds. The molecule has 2 atom stereocenters. The number of fused-ring (bicyclic) bond motifs is 1. The lowest BCUT2D eigenvalue weighted by Gasteiger charge is -2.15. The highest BCUT2D eigenvalue weighted by Gasteiger charge is 2.25. The number of benzene rings is 1.